The molecule has 0 aromatic heterocycles. The SMILES string of the molecule is CC1(C)OB(C(CC(B2OC(C)(C)C(C)(C)O2)c2ccccc2)B2OC(C)(C)C(C)(C)O2)OC1(C)C. The Bertz CT molecular complexity index is 862. The molecule has 3 aliphatic rings. The average molecular weight is 498 g/mol. The van der Waals surface area contributed by atoms with Crippen LogP contribution in [0.15, 0.2) is 30.3 Å². The molecule has 36 heavy (non-hydrogen) atoms. The normalized spacial score (nSPS) is 28.2. The first-order valence-corrected chi connectivity index (χ1v) is 13.4. The van der Waals surface area contributed by atoms with Crippen molar-refractivity contribution < 1.29 is 27.9 Å². The molecule has 3 heterocycles. The summed E-state index contributed by atoms with van der Waals surface area (Å²) >= 11 is 0. The lowest BCUT2D eigenvalue weighted by molar-refractivity contribution is 0.00578. The molecule has 3 saturated heterocycles. The average Bonchev–Trinajstić information content (AvgIpc) is 3.17. The van der Waals surface area contributed by atoms with Gasteiger partial charge in [-0.25, -0.2) is 0 Å². The maximum Gasteiger partial charge on any atom is 0.465 e. The van der Waals surface area contributed by atoms with Gasteiger partial charge in [-0.3, -0.25) is 0 Å². The summed E-state index contributed by atoms with van der Waals surface area (Å²) in [5.41, 5.74) is -1.80. The number of benzene rings is 1. The number of hydrogen-bond donors (Lipinski definition) is 0. The minimum absolute atomic E-state index is 0.0738. The van der Waals surface area contributed by atoms with Gasteiger partial charge in [-0.05, 0) is 95.1 Å². The van der Waals surface area contributed by atoms with Crippen molar-refractivity contribution in [3.8, 4) is 0 Å². The van der Waals surface area contributed by atoms with E-state index in [9.17, 15) is 0 Å². The van der Waals surface area contributed by atoms with E-state index in [1.165, 1.54) is 0 Å². The fourth-order valence-corrected chi connectivity index (χ4v) is 4.93. The Morgan fingerprint density at radius 2 is 0.806 bits per heavy atom. The van der Waals surface area contributed by atoms with Gasteiger partial charge in [-0.1, -0.05) is 30.3 Å². The van der Waals surface area contributed by atoms with E-state index in [0.717, 1.165) is 5.56 Å². The molecule has 0 amide bonds. The Labute approximate surface area is 219 Å². The number of hydrogen-bond acceptors (Lipinski definition) is 6. The van der Waals surface area contributed by atoms with Crippen molar-refractivity contribution in [3.63, 3.8) is 0 Å². The molecule has 6 nitrogen and oxygen atoms in total. The molecule has 3 aliphatic heterocycles. The van der Waals surface area contributed by atoms with Crippen molar-refractivity contribution in [3.05, 3.63) is 35.9 Å². The topological polar surface area (TPSA) is 55.4 Å². The van der Waals surface area contributed by atoms with Crippen molar-refractivity contribution in [2.45, 2.75) is 135 Å². The molecular weight excluding hydrogens is 453 g/mol. The van der Waals surface area contributed by atoms with Crippen LogP contribution in [0.5, 0.6) is 0 Å². The van der Waals surface area contributed by atoms with Crippen LogP contribution in [0.4, 0.5) is 0 Å². The highest BCUT2D eigenvalue weighted by Crippen LogP contribution is 2.50. The zero-order valence-corrected chi connectivity index (χ0v) is 24.4. The molecule has 1 unspecified atom stereocenters. The molecule has 1 atom stereocenters. The summed E-state index contributed by atoms with van der Waals surface area (Å²) in [7, 11) is -1.43. The van der Waals surface area contributed by atoms with Crippen LogP contribution < -0.4 is 0 Å². The second-order valence-electron chi connectivity index (χ2n) is 13.8. The highest BCUT2D eigenvalue weighted by atomic mass is 16.7. The third kappa shape index (κ3) is 4.85. The highest BCUT2D eigenvalue weighted by Gasteiger charge is 2.63. The van der Waals surface area contributed by atoms with E-state index in [-0.39, 0.29) is 11.5 Å². The Kier molecular flexibility index (Phi) is 6.93. The predicted octanol–water partition coefficient (Wildman–Crippen LogP) is 5.89. The van der Waals surface area contributed by atoms with Gasteiger partial charge in [0.2, 0.25) is 0 Å². The summed E-state index contributed by atoms with van der Waals surface area (Å²) in [4.78, 5) is 0. The standard InChI is InChI=1S/C27H45B3O6/c1-22(2)23(3,4)32-28(31-22)20(19-16-14-13-15-17-19)18-21(29-33-24(5,6)25(7,8)34-29)30-35-26(9,10)27(11,12)36-30/h13-17,20-21H,18H2,1-12H3. The van der Waals surface area contributed by atoms with E-state index in [1.807, 2.05) is 6.07 Å². The summed E-state index contributed by atoms with van der Waals surface area (Å²) in [6, 6.07) is 10.4. The van der Waals surface area contributed by atoms with E-state index < -0.39 is 55.0 Å². The van der Waals surface area contributed by atoms with Crippen LogP contribution in [-0.4, -0.2) is 55.0 Å². The molecule has 0 N–H and O–H groups in total. The van der Waals surface area contributed by atoms with Gasteiger partial charge in [0.1, 0.15) is 0 Å². The fraction of sp³-hybridized carbons (Fsp3) is 0.778. The van der Waals surface area contributed by atoms with Crippen LogP contribution in [0.25, 0.3) is 0 Å². The van der Waals surface area contributed by atoms with Gasteiger partial charge in [-0.2, -0.15) is 0 Å². The first-order valence-electron chi connectivity index (χ1n) is 13.4. The molecule has 1 aromatic rings. The van der Waals surface area contributed by atoms with Crippen molar-refractivity contribution >= 4 is 21.4 Å². The van der Waals surface area contributed by atoms with Gasteiger partial charge in [0.05, 0.1) is 33.6 Å². The quantitative estimate of drug-likeness (QED) is 0.457. The Morgan fingerprint density at radius 1 is 0.500 bits per heavy atom. The number of rotatable bonds is 6. The molecule has 9 heteroatoms. The van der Waals surface area contributed by atoms with Gasteiger partial charge in [-0.15, -0.1) is 0 Å². The molecule has 4 rings (SSSR count). The Hall–Kier alpha value is -0.825. The van der Waals surface area contributed by atoms with Crippen LogP contribution in [0, 0.1) is 0 Å². The zero-order valence-electron chi connectivity index (χ0n) is 24.4. The van der Waals surface area contributed by atoms with E-state index in [0.29, 0.717) is 6.42 Å². The second kappa shape index (κ2) is 8.85. The molecule has 1 aromatic carbocycles. The highest BCUT2D eigenvalue weighted by molar-refractivity contribution is 6.68. The monoisotopic (exact) mass is 498 g/mol. The maximum absolute atomic E-state index is 6.59. The van der Waals surface area contributed by atoms with Crippen LogP contribution in [0.2, 0.25) is 5.72 Å². The third-order valence-corrected chi connectivity index (χ3v) is 9.60. The van der Waals surface area contributed by atoms with Crippen LogP contribution in [0.3, 0.4) is 0 Å². The molecule has 3 fully saturated rings. The minimum atomic E-state index is -0.502. The van der Waals surface area contributed by atoms with Gasteiger partial charge in [0, 0.05) is 11.5 Å². The minimum Gasteiger partial charge on any atom is -0.403 e. The summed E-state index contributed by atoms with van der Waals surface area (Å²) in [5, 5.41) is 0. The van der Waals surface area contributed by atoms with Crippen molar-refractivity contribution in [2.24, 2.45) is 0 Å². The van der Waals surface area contributed by atoms with Crippen molar-refractivity contribution in [1.82, 2.24) is 0 Å². The van der Waals surface area contributed by atoms with Gasteiger partial charge in [0.15, 0.2) is 0 Å². The first kappa shape index (κ1) is 28.2. The largest absolute Gasteiger partial charge is 0.465 e. The summed E-state index contributed by atoms with van der Waals surface area (Å²) in [6.07, 6.45) is 0.647. The molecule has 0 spiro atoms. The lowest BCUT2D eigenvalue weighted by atomic mass is 9.46. The zero-order chi connectivity index (χ0) is 26.9. The lowest BCUT2D eigenvalue weighted by Crippen LogP contribution is -2.41. The summed E-state index contributed by atoms with van der Waals surface area (Å²) < 4.78 is 39.5. The van der Waals surface area contributed by atoms with E-state index in [2.05, 4.69) is 107 Å². The Balaban J connectivity index is 1.72. The van der Waals surface area contributed by atoms with E-state index in [1.54, 1.807) is 0 Å². The van der Waals surface area contributed by atoms with Crippen molar-refractivity contribution in [2.75, 3.05) is 0 Å². The first-order chi connectivity index (χ1) is 16.3. The third-order valence-electron chi connectivity index (χ3n) is 9.60. The molecule has 0 aliphatic carbocycles. The molecule has 0 radical (unpaired) electrons. The summed E-state index contributed by atoms with van der Waals surface area (Å²) in [5.74, 6) is -0.0738. The van der Waals surface area contributed by atoms with Gasteiger partial charge >= 0.3 is 21.4 Å². The summed E-state index contributed by atoms with van der Waals surface area (Å²) in [6.45, 7) is 25.0. The lowest BCUT2D eigenvalue weighted by Gasteiger charge is -2.32. The second-order valence-corrected chi connectivity index (χ2v) is 13.8. The molecular formula is C27H45B3O6. The van der Waals surface area contributed by atoms with Gasteiger partial charge in [0.25, 0.3) is 0 Å². The molecule has 198 valence electrons. The fourth-order valence-electron chi connectivity index (χ4n) is 4.93. The smallest absolute Gasteiger partial charge is 0.403 e. The molecule has 0 saturated carbocycles. The predicted molar refractivity (Wildman–Crippen MR) is 146 cm³/mol. The van der Waals surface area contributed by atoms with Crippen molar-refractivity contribution in [1.29, 1.82) is 0 Å². The molecule has 0 bridgehead atoms. The van der Waals surface area contributed by atoms with E-state index >= 15 is 0 Å². The van der Waals surface area contributed by atoms with Crippen LogP contribution in [0.1, 0.15) is 101 Å². The van der Waals surface area contributed by atoms with E-state index in [4.69, 9.17) is 27.9 Å². The van der Waals surface area contributed by atoms with Gasteiger partial charge < -0.3 is 27.9 Å². The maximum atomic E-state index is 6.59. The Morgan fingerprint density at radius 3 is 1.14 bits per heavy atom. The van der Waals surface area contributed by atoms with Crippen LogP contribution >= 0.6 is 0 Å². The van der Waals surface area contributed by atoms with Crippen LogP contribution in [-0.2, 0) is 27.9 Å².